The van der Waals surface area contributed by atoms with Gasteiger partial charge in [-0.25, -0.2) is 4.79 Å². The van der Waals surface area contributed by atoms with Crippen molar-refractivity contribution in [2.75, 3.05) is 11.9 Å². The Bertz CT molecular complexity index is 559. The lowest BCUT2D eigenvalue weighted by molar-refractivity contribution is -0.131. The highest BCUT2D eigenvalue weighted by Crippen LogP contribution is 2.19. The number of carboxylic acids is 1. The molecule has 0 aliphatic carbocycles. The van der Waals surface area contributed by atoms with Gasteiger partial charge in [0.25, 0.3) is 0 Å². The fourth-order valence-electron chi connectivity index (χ4n) is 2.28. The topological polar surface area (TPSA) is 75.6 Å². The molecule has 0 spiro atoms. The van der Waals surface area contributed by atoms with Crippen molar-refractivity contribution in [1.29, 1.82) is 0 Å². The van der Waals surface area contributed by atoms with Crippen molar-refractivity contribution in [2.24, 2.45) is 0 Å². The molecule has 1 saturated heterocycles. The third-order valence-electron chi connectivity index (χ3n) is 3.41. The third-order valence-corrected chi connectivity index (χ3v) is 3.41. The Morgan fingerprint density at radius 2 is 2.29 bits per heavy atom. The number of ether oxygens (including phenoxy) is 1. The van der Waals surface area contributed by atoms with E-state index < -0.39 is 5.97 Å². The maximum Gasteiger partial charge on any atom is 0.328 e. The van der Waals surface area contributed by atoms with Crippen LogP contribution >= 0.6 is 0 Å². The number of benzene rings is 1. The summed E-state index contributed by atoms with van der Waals surface area (Å²) in [5.74, 6) is -1.08. The first-order valence-electron chi connectivity index (χ1n) is 6.97. The summed E-state index contributed by atoms with van der Waals surface area (Å²) < 4.78 is 5.43. The maximum atomic E-state index is 11.9. The predicted octanol–water partition coefficient (Wildman–Crippen LogP) is 2.60. The van der Waals surface area contributed by atoms with Gasteiger partial charge in [-0.05, 0) is 49.1 Å². The molecule has 1 aliphatic heterocycles. The van der Waals surface area contributed by atoms with E-state index in [0.29, 0.717) is 12.1 Å². The molecule has 5 nitrogen and oxygen atoms in total. The normalized spacial score (nSPS) is 18.0. The first kappa shape index (κ1) is 15.3. The molecule has 1 unspecified atom stereocenters. The van der Waals surface area contributed by atoms with Crippen LogP contribution in [0.3, 0.4) is 0 Å². The summed E-state index contributed by atoms with van der Waals surface area (Å²) in [5.41, 5.74) is 2.38. The van der Waals surface area contributed by atoms with E-state index in [0.717, 1.165) is 36.7 Å². The van der Waals surface area contributed by atoms with Gasteiger partial charge in [-0.2, -0.15) is 0 Å². The number of carbonyl (C=O) groups is 2. The number of nitrogens with one attached hydrogen (secondary N) is 1. The molecule has 0 aromatic heterocycles. The molecular formula is C16H19NO4. The number of rotatable bonds is 5. The second-order valence-electron chi connectivity index (χ2n) is 5.13. The Balaban J connectivity index is 2.00. The molecular weight excluding hydrogens is 270 g/mol. The van der Waals surface area contributed by atoms with E-state index in [4.69, 9.17) is 9.84 Å². The van der Waals surface area contributed by atoms with Crippen molar-refractivity contribution in [1.82, 2.24) is 0 Å². The largest absolute Gasteiger partial charge is 0.478 e. The molecule has 1 aliphatic rings. The summed E-state index contributed by atoms with van der Waals surface area (Å²) in [6.07, 6.45) is 4.91. The van der Waals surface area contributed by atoms with E-state index in [1.54, 1.807) is 12.1 Å². The minimum absolute atomic E-state index is 0.0156. The summed E-state index contributed by atoms with van der Waals surface area (Å²) in [6, 6.07) is 5.42. The quantitative estimate of drug-likeness (QED) is 0.817. The van der Waals surface area contributed by atoms with Gasteiger partial charge in [-0.15, -0.1) is 0 Å². The number of anilines is 1. The van der Waals surface area contributed by atoms with Gasteiger partial charge in [0.1, 0.15) is 0 Å². The van der Waals surface area contributed by atoms with Crippen molar-refractivity contribution in [3.63, 3.8) is 0 Å². The van der Waals surface area contributed by atoms with E-state index in [2.05, 4.69) is 5.32 Å². The van der Waals surface area contributed by atoms with Crippen LogP contribution in [-0.2, 0) is 14.3 Å². The van der Waals surface area contributed by atoms with Crippen molar-refractivity contribution in [3.05, 3.63) is 35.4 Å². The van der Waals surface area contributed by atoms with Crippen LogP contribution in [0.15, 0.2) is 24.3 Å². The lowest BCUT2D eigenvalue weighted by Gasteiger charge is -2.11. The highest BCUT2D eigenvalue weighted by atomic mass is 16.5. The first-order chi connectivity index (χ1) is 10.0. The average Bonchev–Trinajstić information content (AvgIpc) is 2.92. The van der Waals surface area contributed by atoms with Crippen LogP contribution in [0.4, 0.5) is 5.69 Å². The van der Waals surface area contributed by atoms with Crippen LogP contribution in [0, 0.1) is 6.92 Å². The number of carbonyl (C=O) groups excluding carboxylic acids is 1. The van der Waals surface area contributed by atoms with E-state index in [1.807, 2.05) is 13.0 Å². The van der Waals surface area contributed by atoms with Gasteiger partial charge in [0.05, 0.1) is 12.5 Å². The monoisotopic (exact) mass is 289 g/mol. The van der Waals surface area contributed by atoms with E-state index in [1.165, 1.54) is 6.08 Å². The van der Waals surface area contributed by atoms with Gasteiger partial charge in [-0.1, -0.05) is 6.07 Å². The molecule has 21 heavy (non-hydrogen) atoms. The van der Waals surface area contributed by atoms with Crippen LogP contribution < -0.4 is 5.32 Å². The smallest absolute Gasteiger partial charge is 0.328 e. The van der Waals surface area contributed by atoms with Crippen LogP contribution in [0.5, 0.6) is 0 Å². The molecule has 0 radical (unpaired) electrons. The summed E-state index contributed by atoms with van der Waals surface area (Å²) in [5, 5.41) is 11.5. The number of hydrogen-bond acceptors (Lipinski definition) is 3. The van der Waals surface area contributed by atoms with Crippen molar-refractivity contribution < 1.29 is 19.4 Å². The molecule has 5 heteroatoms. The molecule has 2 rings (SSSR count). The van der Waals surface area contributed by atoms with Crippen LogP contribution in [0.25, 0.3) is 6.08 Å². The number of amides is 1. The maximum absolute atomic E-state index is 11.9. The second-order valence-corrected chi connectivity index (χ2v) is 5.13. The Kier molecular flexibility index (Phi) is 5.11. The lowest BCUT2D eigenvalue weighted by Crippen LogP contribution is -2.19. The Hall–Kier alpha value is -2.14. The Morgan fingerprint density at radius 3 is 2.95 bits per heavy atom. The van der Waals surface area contributed by atoms with Crippen molar-refractivity contribution >= 4 is 23.6 Å². The lowest BCUT2D eigenvalue weighted by atomic mass is 10.1. The van der Waals surface area contributed by atoms with Gasteiger partial charge in [0.2, 0.25) is 5.91 Å². The fraction of sp³-hybridized carbons (Fsp3) is 0.375. The predicted molar refractivity (Wildman–Crippen MR) is 80.1 cm³/mol. The molecule has 1 aromatic rings. The van der Waals surface area contributed by atoms with E-state index in [-0.39, 0.29) is 12.0 Å². The highest BCUT2D eigenvalue weighted by Gasteiger charge is 2.19. The SMILES string of the molecule is Cc1ccc(NC(=O)CC2CCCO2)cc1C=CC(=O)O. The summed E-state index contributed by atoms with van der Waals surface area (Å²) >= 11 is 0. The standard InChI is InChI=1S/C16H19NO4/c1-11-4-6-13(9-12(11)5-7-16(19)20)17-15(18)10-14-3-2-8-21-14/h4-7,9,14H,2-3,8,10H2,1H3,(H,17,18)(H,19,20). The van der Waals surface area contributed by atoms with Gasteiger partial charge in [-0.3, -0.25) is 4.79 Å². The van der Waals surface area contributed by atoms with E-state index in [9.17, 15) is 9.59 Å². The minimum Gasteiger partial charge on any atom is -0.478 e. The fourth-order valence-corrected chi connectivity index (χ4v) is 2.28. The molecule has 1 aromatic carbocycles. The second kappa shape index (κ2) is 7.04. The Morgan fingerprint density at radius 1 is 1.48 bits per heavy atom. The number of aryl methyl sites for hydroxylation is 1. The van der Waals surface area contributed by atoms with Crippen LogP contribution in [0.2, 0.25) is 0 Å². The number of aliphatic carboxylic acids is 1. The first-order valence-corrected chi connectivity index (χ1v) is 6.97. The summed E-state index contributed by atoms with van der Waals surface area (Å²) in [6.45, 7) is 2.62. The third kappa shape index (κ3) is 4.72. The van der Waals surface area contributed by atoms with Crippen LogP contribution in [-0.4, -0.2) is 29.7 Å². The summed E-state index contributed by atoms with van der Waals surface area (Å²) in [7, 11) is 0. The zero-order valence-corrected chi connectivity index (χ0v) is 12.0. The molecule has 1 heterocycles. The molecule has 2 N–H and O–H groups in total. The highest BCUT2D eigenvalue weighted by molar-refractivity contribution is 5.92. The number of hydrogen-bond donors (Lipinski definition) is 2. The number of carboxylic acid groups (broad SMARTS) is 1. The van der Waals surface area contributed by atoms with Gasteiger partial charge < -0.3 is 15.2 Å². The molecule has 0 bridgehead atoms. The molecule has 112 valence electrons. The minimum atomic E-state index is -0.998. The molecule has 1 atom stereocenters. The molecule has 1 amide bonds. The average molecular weight is 289 g/mol. The van der Waals surface area contributed by atoms with Gasteiger partial charge in [0.15, 0.2) is 0 Å². The molecule has 0 saturated carbocycles. The van der Waals surface area contributed by atoms with Gasteiger partial charge >= 0.3 is 5.97 Å². The Labute approximate surface area is 123 Å². The van der Waals surface area contributed by atoms with Gasteiger partial charge in [0, 0.05) is 18.4 Å². The van der Waals surface area contributed by atoms with Crippen LogP contribution in [0.1, 0.15) is 30.4 Å². The molecule has 1 fully saturated rings. The van der Waals surface area contributed by atoms with Crippen molar-refractivity contribution in [2.45, 2.75) is 32.3 Å². The summed E-state index contributed by atoms with van der Waals surface area (Å²) in [4.78, 5) is 22.5. The van der Waals surface area contributed by atoms with E-state index >= 15 is 0 Å². The zero-order valence-electron chi connectivity index (χ0n) is 12.0. The van der Waals surface area contributed by atoms with Crippen molar-refractivity contribution in [3.8, 4) is 0 Å². The zero-order chi connectivity index (χ0) is 15.2.